The van der Waals surface area contributed by atoms with Crippen molar-refractivity contribution in [3.8, 4) is 5.75 Å². The van der Waals surface area contributed by atoms with Gasteiger partial charge in [-0.15, -0.1) is 0 Å². The Labute approximate surface area is 102 Å². The minimum absolute atomic E-state index is 0.363. The zero-order chi connectivity index (χ0) is 12.7. The third-order valence-corrected chi connectivity index (χ3v) is 2.90. The largest absolute Gasteiger partial charge is 0.497 e. The number of hydrogen-bond donors (Lipinski definition) is 1. The fraction of sp³-hybridized carbons (Fsp3) is 0.571. The van der Waals surface area contributed by atoms with Crippen LogP contribution in [0.1, 0.15) is 50.7 Å². The average molecular weight is 240 g/mol. The molecule has 1 rings (SSSR count). The van der Waals surface area contributed by atoms with E-state index in [9.17, 15) is 9.50 Å². The predicted molar refractivity (Wildman–Crippen MR) is 66.7 cm³/mol. The summed E-state index contributed by atoms with van der Waals surface area (Å²) in [6.07, 6.45) is 4.25. The molecule has 1 unspecified atom stereocenters. The zero-order valence-corrected chi connectivity index (χ0v) is 10.6. The Balaban J connectivity index is 2.53. The van der Waals surface area contributed by atoms with E-state index in [-0.39, 0.29) is 0 Å². The number of aliphatic hydroxyl groups is 1. The van der Waals surface area contributed by atoms with E-state index in [1.165, 1.54) is 13.2 Å². The number of hydrogen-bond acceptors (Lipinski definition) is 2. The van der Waals surface area contributed by atoms with Crippen LogP contribution in [0, 0.1) is 5.82 Å². The molecule has 2 nitrogen and oxygen atoms in total. The van der Waals surface area contributed by atoms with Crippen molar-refractivity contribution in [2.75, 3.05) is 7.11 Å². The minimum atomic E-state index is -0.710. The highest BCUT2D eigenvalue weighted by Crippen LogP contribution is 2.25. The Hall–Kier alpha value is -1.09. The van der Waals surface area contributed by atoms with Crippen molar-refractivity contribution in [2.45, 2.75) is 45.1 Å². The summed E-state index contributed by atoms with van der Waals surface area (Å²) in [5, 5.41) is 9.88. The van der Waals surface area contributed by atoms with E-state index in [2.05, 4.69) is 6.92 Å². The molecule has 0 saturated carbocycles. The van der Waals surface area contributed by atoms with Crippen molar-refractivity contribution in [1.82, 2.24) is 0 Å². The van der Waals surface area contributed by atoms with Gasteiger partial charge in [-0.05, 0) is 18.6 Å². The smallest absolute Gasteiger partial charge is 0.132 e. The van der Waals surface area contributed by atoms with Crippen molar-refractivity contribution in [2.24, 2.45) is 0 Å². The van der Waals surface area contributed by atoms with Crippen molar-refractivity contribution in [3.05, 3.63) is 29.6 Å². The number of aliphatic hydroxyl groups excluding tert-OH is 1. The maximum Gasteiger partial charge on any atom is 0.132 e. The zero-order valence-electron chi connectivity index (χ0n) is 10.6. The van der Waals surface area contributed by atoms with Crippen LogP contribution in [-0.2, 0) is 0 Å². The van der Waals surface area contributed by atoms with E-state index in [0.29, 0.717) is 17.7 Å². The molecule has 0 saturated heterocycles. The predicted octanol–water partition coefficient (Wildman–Crippen LogP) is 3.84. The van der Waals surface area contributed by atoms with Crippen molar-refractivity contribution >= 4 is 0 Å². The molecule has 0 radical (unpaired) electrons. The maximum atomic E-state index is 13.6. The molecule has 0 aliphatic carbocycles. The van der Waals surface area contributed by atoms with Crippen LogP contribution in [0.3, 0.4) is 0 Å². The van der Waals surface area contributed by atoms with Crippen LogP contribution in [0.25, 0.3) is 0 Å². The lowest BCUT2D eigenvalue weighted by atomic mass is 10.0. The van der Waals surface area contributed by atoms with Gasteiger partial charge >= 0.3 is 0 Å². The van der Waals surface area contributed by atoms with E-state index >= 15 is 0 Å². The summed E-state index contributed by atoms with van der Waals surface area (Å²) in [5.74, 6) is 0.0803. The first-order valence-corrected chi connectivity index (χ1v) is 6.20. The van der Waals surface area contributed by atoms with Crippen LogP contribution in [-0.4, -0.2) is 12.2 Å². The van der Waals surface area contributed by atoms with Gasteiger partial charge in [-0.25, -0.2) is 4.39 Å². The summed E-state index contributed by atoms with van der Waals surface area (Å²) in [6, 6.07) is 4.58. The number of ether oxygens (including phenoxy) is 1. The summed E-state index contributed by atoms with van der Waals surface area (Å²) < 4.78 is 18.5. The highest BCUT2D eigenvalue weighted by atomic mass is 19.1. The van der Waals surface area contributed by atoms with Gasteiger partial charge in [0.2, 0.25) is 0 Å². The third-order valence-electron chi connectivity index (χ3n) is 2.90. The molecule has 17 heavy (non-hydrogen) atoms. The van der Waals surface area contributed by atoms with Gasteiger partial charge in [-0.2, -0.15) is 0 Å². The second-order valence-corrected chi connectivity index (χ2v) is 4.25. The molecule has 1 aromatic rings. The first-order valence-electron chi connectivity index (χ1n) is 6.20. The quantitative estimate of drug-likeness (QED) is 0.734. The lowest BCUT2D eigenvalue weighted by molar-refractivity contribution is 0.158. The van der Waals surface area contributed by atoms with Crippen LogP contribution in [0.15, 0.2) is 18.2 Å². The molecular weight excluding hydrogens is 219 g/mol. The van der Waals surface area contributed by atoms with E-state index in [1.807, 2.05) is 0 Å². The van der Waals surface area contributed by atoms with E-state index < -0.39 is 11.9 Å². The number of halogens is 1. The molecule has 0 fully saturated rings. The second kappa shape index (κ2) is 7.28. The third kappa shape index (κ3) is 4.35. The summed E-state index contributed by atoms with van der Waals surface area (Å²) in [7, 11) is 1.50. The molecule has 1 aromatic carbocycles. The molecular formula is C14H21FO2. The molecule has 0 amide bonds. The highest BCUT2D eigenvalue weighted by molar-refractivity contribution is 5.30. The van der Waals surface area contributed by atoms with Crippen LogP contribution >= 0.6 is 0 Å². The van der Waals surface area contributed by atoms with Crippen LogP contribution in [0.2, 0.25) is 0 Å². The van der Waals surface area contributed by atoms with Crippen LogP contribution in [0.5, 0.6) is 5.75 Å². The van der Waals surface area contributed by atoms with Gasteiger partial charge in [-0.1, -0.05) is 32.6 Å². The van der Waals surface area contributed by atoms with Crippen LogP contribution < -0.4 is 4.74 Å². The molecule has 0 spiro atoms. The summed E-state index contributed by atoms with van der Waals surface area (Å²) in [6.45, 7) is 2.14. The normalized spacial score (nSPS) is 12.5. The van der Waals surface area contributed by atoms with Gasteiger partial charge in [0.15, 0.2) is 0 Å². The molecule has 0 aliphatic rings. The Morgan fingerprint density at radius 3 is 2.65 bits per heavy atom. The first kappa shape index (κ1) is 14.0. The standard InChI is InChI=1S/C14H21FO2/c1-3-4-5-6-7-14(16)12-9-8-11(17-2)10-13(12)15/h8-10,14,16H,3-7H2,1-2H3. The SMILES string of the molecule is CCCCCCC(O)c1ccc(OC)cc1F. The van der Waals surface area contributed by atoms with Crippen molar-refractivity contribution in [1.29, 1.82) is 0 Å². The Bertz CT molecular complexity index is 339. The minimum Gasteiger partial charge on any atom is -0.497 e. The maximum absolute atomic E-state index is 13.6. The number of unbranched alkanes of at least 4 members (excludes halogenated alkanes) is 3. The molecule has 0 heterocycles. The number of rotatable bonds is 7. The van der Waals surface area contributed by atoms with Crippen molar-refractivity contribution in [3.63, 3.8) is 0 Å². The van der Waals surface area contributed by atoms with Gasteiger partial charge in [0, 0.05) is 11.6 Å². The lowest BCUT2D eigenvalue weighted by Gasteiger charge is -2.12. The fourth-order valence-electron chi connectivity index (χ4n) is 1.83. The molecule has 1 N–H and O–H groups in total. The Morgan fingerprint density at radius 1 is 1.29 bits per heavy atom. The lowest BCUT2D eigenvalue weighted by Crippen LogP contribution is -2.01. The van der Waals surface area contributed by atoms with Gasteiger partial charge < -0.3 is 9.84 Å². The van der Waals surface area contributed by atoms with E-state index in [0.717, 1.165) is 25.7 Å². The number of benzene rings is 1. The van der Waals surface area contributed by atoms with Crippen LogP contribution in [0.4, 0.5) is 4.39 Å². The fourth-order valence-corrected chi connectivity index (χ4v) is 1.83. The van der Waals surface area contributed by atoms with Crippen molar-refractivity contribution < 1.29 is 14.2 Å². The summed E-state index contributed by atoms with van der Waals surface area (Å²) in [5.41, 5.74) is 0.363. The average Bonchev–Trinajstić information content (AvgIpc) is 2.34. The monoisotopic (exact) mass is 240 g/mol. The molecule has 0 aliphatic heterocycles. The second-order valence-electron chi connectivity index (χ2n) is 4.25. The van der Waals surface area contributed by atoms with Gasteiger partial charge in [0.05, 0.1) is 13.2 Å². The number of methoxy groups -OCH3 is 1. The molecule has 0 bridgehead atoms. The van der Waals surface area contributed by atoms with Gasteiger partial charge in [0.1, 0.15) is 11.6 Å². The van der Waals surface area contributed by atoms with E-state index in [1.54, 1.807) is 12.1 Å². The summed E-state index contributed by atoms with van der Waals surface area (Å²) in [4.78, 5) is 0. The van der Waals surface area contributed by atoms with Gasteiger partial charge in [0.25, 0.3) is 0 Å². The molecule has 3 heteroatoms. The molecule has 96 valence electrons. The van der Waals surface area contributed by atoms with Gasteiger partial charge in [-0.3, -0.25) is 0 Å². The topological polar surface area (TPSA) is 29.5 Å². The Morgan fingerprint density at radius 2 is 2.06 bits per heavy atom. The summed E-state index contributed by atoms with van der Waals surface area (Å²) >= 11 is 0. The first-order chi connectivity index (χ1) is 8.19. The molecule has 1 atom stereocenters. The molecule has 0 aromatic heterocycles. The Kier molecular flexibility index (Phi) is 5.98. The highest BCUT2D eigenvalue weighted by Gasteiger charge is 2.13. The van der Waals surface area contributed by atoms with E-state index in [4.69, 9.17) is 4.74 Å².